The van der Waals surface area contributed by atoms with Crippen molar-refractivity contribution >= 4 is 23.6 Å². The van der Waals surface area contributed by atoms with E-state index in [1.165, 1.54) is 6.42 Å². The molecule has 1 aliphatic carbocycles. The maximum absolute atomic E-state index is 12.8. The molecular formula is C16H28N2O2S. The molecule has 0 aromatic carbocycles. The molecule has 0 radical (unpaired) electrons. The van der Waals surface area contributed by atoms with Crippen molar-refractivity contribution in [3.8, 4) is 0 Å². The predicted octanol–water partition coefficient (Wildman–Crippen LogP) is 2.57. The van der Waals surface area contributed by atoms with Crippen LogP contribution in [0.1, 0.15) is 59.3 Å². The van der Waals surface area contributed by atoms with Crippen molar-refractivity contribution in [1.29, 1.82) is 0 Å². The molecule has 1 aliphatic heterocycles. The van der Waals surface area contributed by atoms with Gasteiger partial charge in [-0.1, -0.05) is 27.2 Å². The number of amides is 2. The summed E-state index contributed by atoms with van der Waals surface area (Å²) in [6.45, 7) is 6.24. The van der Waals surface area contributed by atoms with Crippen LogP contribution in [0.3, 0.4) is 0 Å². The minimum atomic E-state index is -0.303. The number of rotatable bonds is 6. The average Bonchev–Trinajstić information content (AvgIpc) is 2.91. The van der Waals surface area contributed by atoms with Gasteiger partial charge in [0.15, 0.2) is 0 Å². The van der Waals surface area contributed by atoms with Crippen molar-refractivity contribution < 1.29 is 9.59 Å². The van der Waals surface area contributed by atoms with Crippen LogP contribution in [0.5, 0.6) is 0 Å². The van der Waals surface area contributed by atoms with Gasteiger partial charge in [-0.2, -0.15) is 11.8 Å². The van der Waals surface area contributed by atoms with E-state index in [0.717, 1.165) is 31.4 Å². The van der Waals surface area contributed by atoms with Crippen molar-refractivity contribution in [2.45, 2.75) is 82.7 Å². The highest BCUT2D eigenvalue weighted by Gasteiger charge is 2.44. The van der Waals surface area contributed by atoms with Crippen LogP contribution in [0.4, 0.5) is 0 Å². The third-order valence-electron chi connectivity index (χ3n) is 4.62. The van der Waals surface area contributed by atoms with Crippen molar-refractivity contribution in [2.24, 2.45) is 0 Å². The smallest absolute Gasteiger partial charge is 0.246 e. The Morgan fingerprint density at radius 3 is 2.62 bits per heavy atom. The first-order valence-electron chi connectivity index (χ1n) is 8.36. The molecule has 0 aromatic heterocycles. The summed E-state index contributed by atoms with van der Waals surface area (Å²) in [5, 5.41) is 3.58. The second kappa shape index (κ2) is 7.52. The largest absolute Gasteiger partial charge is 0.343 e. The molecule has 2 amide bonds. The minimum Gasteiger partial charge on any atom is -0.343 e. The zero-order chi connectivity index (χ0) is 15.4. The molecule has 0 spiro atoms. The highest BCUT2D eigenvalue weighted by molar-refractivity contribution is 7.99. The Balaban J connectivity index is 2.12. The Kier molecular flexibility index (Phi) is 5.97. The molecule has 4 unspecified atom stereocenters. The van der Waals surface area contributed by atoms with Gasteiger partial charge in [-0.3, -0.25) is 9.59 Å². The summed E-state index contributed by atoms with van der Waals surface area (Å²) in [7, 11) is 0. The van der Waals surface area contributed by atoms with E-state index in [4.69, 9.17) is 0 Å². The molecule has 1 N–H and O–H groups in total. The normalized spacial score (nSPS) is 33.4. The highest BCUT2D eigenvalue weighted by atomic mass is 32.2. The van der Waals surface area contributed by atoms with Gasteiger partial charge >= 0.3 is 0 Å². The van der Waals surface area contributed by atoms with E-state index in [9.17, 15) is 9.59 Å². The van der Waals surface area contributed by atoms with Crippen LogP contribution in [0.2, 0.25) is 0 Å². The molecule has 2 rings (SSSR count). The summed E-state index contributed by atoms with van der Waals surface area (Å²) in [4.78, 5) is 27.0. The molecule has 4 nitrogen and oxygen atoms in total. The van der Waals surface area contributed by atoms with Gasteiger partial charge in [0.2, 0.25) is 11.8 Å². The molecule has 21 heavy (non-hydrogen) atoms. The van der Waals surface area contributed by atoms with Crippen LogP contribution in [0.15, 0.2) is 0 Å². The van der Waals surface area contributed by atoms with Gasteiger partial charge < -0.3 is 10.2 Å². The van der Waals surface area contributed by atoms with Gasteiger partial charge in [0.25, 0.3) is 0 Å². The number of thioether (sulfide) groups is 1. The van der Waals surface area contributed by atoms with E-state index in [1.807, 2.05) is 23.6 Å². The number of carbonyl (C=O) groups excluding carboxylic acids is 2. The molecule has 120 valence electrons. The molecular weight excluding hydrogens is 284 g/mol. The monoisotopic (exact) mass is 312 g/mol. The van der Waals surface area contributed by atoms with Gasteiger partial charge in [0, 0.05) is 11.3 Å². The number of carbonyl (C=O) groups is 2. The molecule has 1 saturated heterocycles. The van der Waals surface area contributed by atoms with E-state index in [1.54, 1.807) is 0 Å². The lowest BCUT2D eigenvalue weighted by Gasteiger charge is -2.42. The molecule has 5 heteroatoms. The van der Waals surface area contributed by atoms with Crippen LogP contribution in [0.25, 0.3) is 0 Å². The van der Waals surface area contributed by atoms with Crippen LogP contribution >= 0.6 is 11.8 Å². The van der Waals surface area contributed by atoms with Crippen LogP contribution in [0, 0.1) is 0 Å². The summed E-state index contributed by atoms with van der Waals surface area (Å²) >= 11 is 1.99. The standard InChI is InChI=1S/C16H28N2O2S/c1-4-7-13-16(20)18(14(5-2)15(19)17-13)11-8-9-12(10-11)21-6-3/h11-14H,4-10H2,1-3H3,(H,17,19). The number of hydrogen-bond donors (Lipinski definition) is 1. The van der Waals surface area contributed by atoms with Crippen LogP contribution < -0.4 is 5.32 Å². The second-order valence-electron chi connectivity index (χ2n) is 6.06. The third kappa shape index (κ3) is 3.55. The van der Waals surface area contributed by atoms with E-state index < -0.39 is 0 Å². The molecule has 2 aliphatic rings. The molecule has 1 saturated carbocycles. The van der Waals surface area contributed by atoms with Crippen LogP contribution in [-0.2, 0) is 9.59 Å². The first kappa shape index (κ1) is 16.7. The lowest BCUT2D eigenvalue weighted by atomic mass is 9.99. The fourth-order valence-corrected chi connectivity index (χ4v) is 4.78. The van der Waals surface area contributed by atoms with E-state index in [2.05, 4.69) is 19.2 Å². The zero-order valence-electron chi connectivity index (χ0n) is 13.4. The Hall–Kier alpha value is -0.710. The first-order chi connectivity index (χ1) is 10.1. The summed E-state index contributed by atoms with van der Waals surface area (Å²) in [6.07, 6.45) is 5.64. The highest BCUT2D eigenvalue weighted by Crippen LogP contribution is 2.35. The number of hydrogen-bond acceptors (Lipinski definition) is 3. The van der Waals surface area contributed by atoms with E-state index >= 15 is 0 Å². The Bertz CT molecular complexity index is 388. The summed E-state index contributed by atoms with van der Waals surface area (Å²) in [5.74, 6) is 1.32. The maximum Gasteiger partial charge on any atom is 0.246 e. The summed E-state index contributed by atoms with van der Waals surface area (Å²) in [6, 6.07) is -0.305. The third-order valence-corrected chi connectivity index (χ3v) is 5.86. The van der Waals surface area contributed by atoms with Crippen molar-refractivity contribution in [1.82, 2.24) is 10.2 Å². The fourth-order valence-electron chi connectivity index (χ4n) is 3.65. The Morgan fingerprint density at radius 2 is 2.00 bits per heavy atom. The van der Waals surface area contributed by atoms with Crippen molar-refractivity contribution in [2.75, 3.05) is 5.75 Å². The molecule has 1 heterocycles. The fraction of sp³-hybridized carbons (Fsp3) is 0.875. The summed E-state index contributed by atoms with van der Waals surface area (Å²) in [5.41, 5.74) is 0. The minimum absolute atomic E-state index is 0.0437. The molecule has 0 bridgehead atoms. The first-order valence-corrected chi connectivity index (χ1v) is 9.41. The number of piperazine rings is 1. The molecule has 2 fully saturated rings. The number of nitrogens with one attached hydrogen (secondary N) is 1. The Morgan fingerprint density at radius 1 is 1.24 bits per heavy atom. The van der Waals surface area contributed by atoms with Crippen molar-refractivity contribution in [3.63, 3.8) is 0 Å². The lowest BCUT2D eigenvalue weighted by Crippen LogP contribution is -2.65. The zero-order valence-corrected chi connectivity index (χ0v) is 14.2. The SMILES string of the molecule is CCCC1NC(=O)C(CC)N(C2CCC(SCC)C2)C1=O. The predicted molar refractivity (Wildman–Crippen MR) is 87.3 cm³/mol. The van der Waals surface area contributed by atoms with E-state index in [0.29, 0.717) is 11.7 Å². The van der Waals surface area contributed by atoms with Gasteiger partial charge in [-0.25, -0.2) is 0 Å². The summed E-state index contributed by atoms with van der Waals surface area (Å²) < 4.78 is 0. The van der Waals surface area contributed by atoms with Gasteiger partial charge in [-0.05, 0) is 37.9 Å². The molecule has 0 aromatic rings. The maximum atomic E-state index is 12.8. The average molecular weight is 312 g/mol. The second-order valence-corrected chi connectivity index (χ2v) is 7.64. The topological polar surface area (TPSA) is 49.4 Å². The van der Waals surface area contributed by atoms with Gasteiger partial charge in [0.1, 0.15) is 12.1 Å². The van der Waals surface area contributed by atoms with E-state index in [-0.39, 0.29) is 29.9 Å². The van der Waals surface area contributed by atoms with Gasteiger partial charge in [0.05, 0.1) is 0 Å². The Labute approximate surface area is 132 Å². The quantitative estimate of drug-likeness (QED) is 0.820. The van der Waals surface area contributed by atoms with Crippen LogP contribution in [-0.4, -0.2) is 45.8 Å². The lowest BCUT2D eigenvalue weighted by molar-refractivity contribution is -0.152. The van der Waals surface area contributed by atoms with Gasteiger partial charge in [-0.15, -0.1) is 0 Å². The van der Waals surface area contributed by atoms with Crippen molar-refractivity contribution in [3.05, 3.63) is 0 Å². The number of nitrogens with zero attached hydrogens (tertiary/aromatic N) is 1. The molecule has 4 atom stereocenters.